The average molecular weight is 255 g/mol. The Balaban J connectivity index is 2.00. The zero-order valence-electron chi connectivity index (χ0n) is 11.6. The molecule has 2 heteroatoms. The zero-order chi connectivity index (χ0) is 12.3. The van der Waals surface area contributed by atoms with E-state index in [0.717, 1.165) is 17.8 Å². The van der Waals surface area contributed by atoms with Crippen molar-refractivity contribution in [2.24, 2.45) is 5.41 Å². The van der Waals surface area contributed by atoms with Crippen LogP contribution < -0.4 is 0 Å². The summed E-state index contributed by atoms with van der Waals surface area (Å²) in [5.74, 6) is 1.09. The molecule has 0 aromatic heterocycles. The normalized spacial score (nSPS) is 34.8. The highest BCUT2D eigenvalue weighted by molar-refractivity contribution is 7.80. The maximum absolute atomic E-state index is 4.68. The van der Waals surface area contributed by atoms with Gasteiger partial charge in [0.15, 0.2) is 0 Å². The number of rotatable bonds is 3. The van der Waals surface area contributed by atoms with Gasteiger partial charge in [-0.25, -0.2) is 0 Å². The van der Waals surface area contributed by atoms with Crippen LogP contribution >= 0.6 is 12.6 Å². The summed E-state index contributed by atoms with van der Waals surface area (Å²) in [5, 5.41) is 0. The van der Waals surface area contributed by atoms with Crippen LogP contribution in [0.1, 0.15) is 65.2 Å². The lowest BCUT2D eigenvalue weighted by Gasteiger charge is -2.46. The van der Waals surface area contributed by atoms with E-state index in [2.05, 4.69) is 31.4 Å². The van der Waals surface area contributed by atoms with Crippen LogP contribution in [0.4, 0.5) is 0 Å². The SMILES string of the molecule is C[C@@H]1CCC[C@H](C)N1CC1(CS)CCCCC1. The van der Waals surface area contributed by atoms with Crippen LogP contribution in [0.15, 0.2) is 0 Å². The Labute approximate surface area is 113 Å². The molecular weight excluding hydrogens is 226 g/mol. The third-order valence-electron chi connectivity index (χ3n) is 5.14. The molecule has 2 aliphatic rings. The summed E-state index contributed by atoms with van der Waals surface area (Å²) in [5.41, 5.74) is 0.529. The highest BCUT2D eigenvalue weighted by atomic mass is 32.1. The average Bonchev–Trinajstić information content (AvgIpc) is 2.35. The van der Waals surface area contributed by atoms with Gasteiger partial charge < -0.3 is 0 Å². The molecule has 1 saturated heterocycles. The van der Waals surface area contributed by atoms with Crippen molar-refractivity contribution < 1.29 is 0 Å². The van der Waals surface area contributed by atoms with E-state index in [1.807, 2.05) is 0 Å². The predicted octanol–water partition coefficient (Wildman–Crippen LogP) is 4.13. The van der Waals surface area contributed by atoms with Crippen LogP contribution in [-0.2, 0) is 0 Å². The molecule has 1 aliphatic heterocycles. The largest absolute Gasteiger partial charge is 0.297 e. The van der Waals surface area contributed by atoms with Gasteiger partial charge in [-0.1, -0.05) is 25.7 Å². The van der Waals surface area contributed by atoms with Gasteiger partial charge in [0.05, 0.1) is 0 Å². The van der Waals surface area contributed by atoms with Gasteiger partial charge in [0.2, 0.25) is 0 Å². The van der Waals surface area contributed by atoms with Gasteiger partial charge in [-0.3, -0.25) is 4.90 Å². The lowest BCUT2D eigenvalue weighted by Crippen LogP contribution is -2.50. The number of likely N-dealkylation sites (tertiary alicyclic amines) is 1. The molecule has 0 bridgehead atoms. The monoisotopic (exact) mass is 255 g/mol. The molecule has 17 heavy (non-hydrogen) atoms. The van der Waals surface area contributed by atoms with E-state index in [1.165, 1.54) is 57.9 Å². The Morgan fingerprint density at radius 3 is 2.12 bits per heavy atom. The molecule has 1 saturated carbocycles. The molecule has 2 atom stereocenters. The summed E-state index contributed by atoms with van der Waals surface area (Å²) in [4.78, 5) is 2.78. The molecule has 1 nitrogen and oxygen atoms in total. The second kappa shape index (κ2) is 5.97. The fourth-order valence-electron chi connectivity index (χ4n) is 3.84. The molecule has 0 aromatic rings. The van der Waals surface area contributed by atoms with Gasteiger partial charge in [-0.05, 0) is 50.7 Å². The van der Waals surface area contributed by atoms with Crippen molar-refractivity contribution in [1.82, 2.24) is 4.90 Å². The molecule has 100 valence electrons. The van der Waals surface area contributed by atoms with Gasteiger partial charge in [0.25, 0.3) is 0 Å². The van der Waals surface area contributed by atoms with Crippen LogP contribution in [-0.4, -0.2) is 29.3 Å². The second-order valence-corrected chi connectivity index (χ2v) is 6.84. The summed E-state index contributed by atoms with van der Waals surface area (Å²) in [6.07, 6.45) is 11.3. The topological polar surface area (TPSA) is 3.24 Å². The quantitative estimate of drug-likeness (QED) is 0.742. The van der Waals surface area contributed by atoms with Crippen molar-refractivity contribution in [3.8, 4) is 0 Å². The molecule has 1 aliphatic carbocycles. The fraction of sp³-hybridized carbons (Fsp3) is 1.00. The van der Waals surface area contributed by atoms with Crippen LogP contribution in [0.3, 0.4) is 0 Å². The van der Waals surface area contributed by atoms with Crippen LogP contribution in [0.25, 0.3) is 0 Å². The van der Waals surface area contributed by atoms with Gasteiger partial charge in [0, 0.05) is 18.6 Å². The van der Waals surface area contributed by atoms with E-state index in [4.69, 9.17) is 0 Å². The van der Waals surface area contributed by atoms with Crippen molar-refractivity contribution in [3.63, 3.8) is 0 Å². The molecule has 0 N–H and O–H groups in total. The Morgan fingerprint density at radius 2 is 1.59 bits per heavy atom. The molecule has 0 aromatic carbocycles. The van der Waals surface area contributed by atoms with Crippen molar-refractivity contribution in [2.45, 2.75) is 77.3 Å². The van der Waals surface area contributed by atoms with E-state index in [9.17, 15) is 0 Å². The van der Waals surface area contributed by atoms with Crippen LogP contribution in [0.5, 0.6) is 0 Å². The minimum Gasteiger partial charge on any atom is -0.297 e. The van der Waals surface area contributed by atoms with Crippen molar-refractivity contribution in [1.29, 1.82) is 0 Å². The molecular formula is C15H29NS. The molecule has 2 fully saturated rings. The molecule has 0 unspecified atom stereocenters. The Morgan fingerprint density at radius 1 is 1.00 bits per heavy atom. The third-order valence-corrected chi connectivity index (χ3v) is 5.81. The van der Waals surface area contributed by atoms with Crippen molar-refractivity contribution >= 4 is 12.6 Å². The highest BCUT2D eigenvalue weighted by Crippen LogP contribution is 2.39. The van der Waals surface area contributed by atoms with Gasteiger partial charge in [-0.2, -0.15) is 12.6 Å². The van der Waals surface area contributed by atoms with Gasteiger partial charge >= 0.3 is 0 Å². The lowest BCUT2D eigenvalue weighted by molar-refractivity contribution is 0.0404. The van der Waals surface area contributed by atoms with Crippen LogP contribution in [0, 0.1) is 5.41 Å². The highest BCUT2D eigenvalue weighted by Gasteiger charge is 2.36. The number of piperidine rings is 1. The van der Waals surface area contributed by atoms with Gasteiger partial charge in [-0.15, -0.1) is 0 Å². The first-order valence-corrected chi connectivity index (χ1v) is 8.17. The summed E-state index contributed by atoms with van der Waals surface area (Å²) in [7, 11) is 0. The lowest BCUT2D eigenvalue weighted by atomic mass is 9.74. The first-order chi connectivity index (χ1) is 8.17. The standard InChI is InChI=1S/C15H29NS/c1-13-7-6-8-14(2)16(13)11-15(12-17)9-4-3-5-10-15/h13-14,17H,3-12H2,1-2H3/t13-,14+. The van der Waals surface area contributed by atoms with E-state index < -0.39 is 0 Å². The summed E-state index contributed by atoms with van der Waals surface area (Å²) in [6, 6.07) is 1.58. The summed E-state index contributed by atoms with van der Waals surface area (Å²) < 4.78 is 0. The molecule has 2 rings (SSSR count). The molecule has 1 heterocycles. The Hall–Kier alpha value is 0.310. The Kier molecular flexibility index (Phi) is 4.82. The van der Waals surface area contributed by atoms with E-state index in [-0.39, 0.29) is 0 Å². The summed E-state index contributed by atoms with van der Waals surface area (Å²) >= 11 is 4.68. The van der Waals surface area contributed by atoms with E-state index in [0.29, 0.717) is 5.41 Å². The van der Waals surface area contributed by atoms with Crippen LogP contribution in [0.2, 0.25) is 0 Å². The number of hydrogen-bond donors (Lipinski definition) is 1. The molecule has 0 radical (unpaired) electrons. The minimum atomic E-state index is 0.529. The van der Waals surface area contributed by atoms with Crippen molar-refractivity contribution in [3.05, 3.63) is 0 Å². The number of hydrogen-bond acceptors (Lipinski definition) is 2. The van der Waals surface area contributed by atoms with E-state index in [1.54, 1.807) is 0 Å². The third kappa shape index (κ3) is 3.20. The summed E-state index contributed by atoms with van der Waals surface area (Å²) in [6.45, 7) is 6.15. The molecule has 0 amide bonds. The maximum Gasteiger partial charge on any atom is 0.00699 e. The number of nitrogens with zero attached hydrogens (tertiary/aromatic N) is 1. The number of thiol groups is 1. The smallest absolute Gasteiger partial charge is 0.00699 e. The fourth-order valence-corrected chi connectivity index (χ4v) is 4.26. The van der Waals surface area contributed by atoms with E-state index >= 15 is 0 Å². The first-order valence-electron chi connectivity index (χ1n) is 7.53. The first kappa shape index (κ1) is 13.7. The second-order valence-electron chi connectivity index (χ2n) is 6.52. The van der Waals surface area contributed by atoms with Crippen molar-refractivity contribution in [2.75, 3.05) is 12.3 Å². The minimum absolute atomic E-state index is 0.529. The predicted molar refractivity (Wildman–Crippen MR) is 78.9 cm³/mol. The Bertz CT molecular complexity index is 225. The van der Waals surface area contributed by atoms with Gasteiger partial charge in [0.1, 0.15) is 0 Å². The maximum atomic E-state index is 4.68. The molecule has 0 spiro atoms. The zero-order valence-corrected chi connectivity index (χ0v) is 12.5.